The Morgan fingerprint density at radius 3 is 2.39 bits per heavy atom. The standard InChI is InChI=1S/C24H31N3O/c1-16-5-3-4-6-21(16)14-26-15-22(13-25)23(28)27-17(2)24-10-18-7-19(11-24)9-20(8-18)12-24/h3-6,15,17-20,26H,7-12,14H2,1-2H3,(H,27,28)/b22-15-. The van der Waals surface area contributed by atoms with Gasteiger partial charge in [-0.3, -0.25) is 4.79 Å². The number of nitrogens with one attached hydrogen (secondary N) is 2. The zero-order valence-electron chi connectivity index (χ0n) is 17.0. The van der Waals surface area contributed by atoms with E-state index in [0.717, 1.165) is 17.8 Å². The van der Waals surface area contributed by atoms with E-state index in [1.807, 2.05) is 12.1 Å². The Labute approximate surface area is 168 Å². The molecule has 4 nitrogen and oxygen atoms in total. The first-order valence-electron chi connectivity index (χ1n) is 10.7. The third-order valence-electron chi connectivity index (χ3n) is 7.52. The maximum atomic E-state index is 12.7. The van der Waals surface area contributed by atoms with Crippen LogP contribution in [0.15, 0.2) is 36.0 Å². The third-order valence-corrected chi connectivity index (χ3v) is 7.52. The first-order valence-corrected chi connectivity index (χ1v) is 10.7. The van der Waals surface area contributed by atoms with Crippen LogP contribution in [0.2, 0.25) is 0 Å². The van der Waals surface area contributed by atoms with Crippen molar-refractivity contribution in [1.82, 2.24) is 10.6 Å². The average molecular weight is 378 g/mol. The van der Waals surface area contributed by atoms with Gasteiger partial charge in [-0.1, -0.05) is 24.3 Å². The van der Waals surface area contributed by atoms with Gasteiger partial charge in [0.2, 0.25) is 0 Å². The Morgan fingerprint density at radius 2 is 1.82 bits per heavy atom. The van der Waals surface area contributed by atoms with E-state index in [1.54, 1.807) is 6.20 Å². The van der Waals surface area contributed by atoms with Crippen LogP contribution in [0.4, 0.5) is 0 Å². The van der Waals surface area contributed by atoms with Gasteiger partial charge in [-0.2, -0.15) is 5.26 Å². The molecule has 1 amide bonds. The van der Waals surface area contributed by atoms with Crippen LogP contribution in [0.25, 0.3) is 0 Å². The molecule has 4 saturated carbocycles. The highest BCUT2D eigenvalue weighted by atomic mass is 16.1. The van der Waals surface area contributed by atoms with Crippen LogP contribution in [0.5, 0.6) is 0 Å². The monoisotopic (exact) mass is 377 g/mol. The molecule has 2 N–H and O–H groups in total. The minimum absolute atomic E-state index is 0.126. The lowest BCUT2D eigenvalue weighted by Gasteiger charge is -2.59. The van der Waals surface area contributed by atoms with E-state index >= 15 is 0 Å². The Hall–Kier alpha value is -2.28. The van der Waals surface area contributed by atoms with Gasteiger partial charge in [-0.15, -0.1) is 0 Å². The van der Waals surface area contributed by atoms with Crippen molar-refractivity contribution >= 4 is 5.91 Å². The zero-order valence-corrected chi connectivity index (χ0v) is 17.0. The van der Waals surface area contributed by atoms with Gasteiger partial charge in [0.15, 0.2) is 0 Å². The molecule has 4 fully saturated rings. The van der Waals surface area contributed by atoms with Crippen molar-refractivity contribution in [3.8, 4) is 6.07 Å². The van der Waals surface area contributed by atoms with Crippen LogP contribution in [-0.2, 0) is 11.3 Å². The van der Waals surface area contributed by atoms with E-state index < -0.39 is 0 Å². The molecule has 0 aromatic heterocycles. The summed E-state index contributed by atoms with van der Waals surface area (Å²) >= 11 is 0. The molecule has 0 saturated heterocycles. The van der Waals surface area contributed by atoms with Crippen LogP contribution in [-0.4, -0.2) is 11.9 Å². The fourth-order valence-corrected chi connectivity index (χ4v) is 6.36. The maximum Gasteiger partial charge on any atom is 0.263 e. The minimum atomic E-state index is -0.247. The molecule has 1 aromatic carbocycles. The van der Waals surface area contributed by atoms with E-state index in [1.165, 1.54) is 49.7 Å². The summed E-state index contributed by atoms with van der Waals surface area (Å²) in [5.41, 5.74) is 2.77. The molecule has 148 valence electrons. The van der Waals surface area contributed by atoms with E-state index in [9.17, 15) is 10.1 Å². The molecule has 5 rings (SSSR count). The summed E-state index contributed by atoms with van der Waals surface area (Å²) in [6, 6.07) is 10.3. The Balaban J connectivity index is 1.38. The molecule has 0 spiro atoms. The van der Waals surface area contributed by atoms with Crippen molar-refractivity contribution in [1.29, 1.82) is 5.26 Å². The lowest BCUT2D eigenvalue weighted by atomic mass is 9.48. The second-order valence-electron chi connectivity index (χ2n) is 9.45. The second kappa shape index (κ2) is 7.62. The van der Waals surface area contributed by atoms with Gasteiger partial charge >= 0.3 is 0 Å². The first-order chi connectivity index (χ1) is 13.5. The van der Waals surface area contributed by atoms with E-state index in [4.69, 9.17) is 0 Å². The number of aryl methyl sites for hydroxylation is 1. The summed E-state index contributed by atoms with van der Waals surface area (Å²) in [6.07, 6.45) is 9.49. The molecule has 0 heterocycles. The van der Waals surface area contributed by atoms with Crippen molar-refractivity contribution in [3.63, 3.8) is 0 Å². The highest BCUT2D eigenvalue weighted by molar-refractivity contribution is 5.97. The highest BCUT2D eigenvalue weighted by Gasteiger charge is 2.53. The summed E-state index contributed by atoms with van der Waals surface area (Å²) in [5, 5.41) is 15.8. The summed E-state index contributed by atoms with van der Waals surface area (Å²) in [7, 11) is 0. The molecule has 0 radical (unpaired) electrons. The number of rotatable bonds is 6. The van der Waals surface area contributed by atoms with Gasteiger partial charge in [-0.25, -0.2) is 0 Å². The number of nitriles is 1. The van der Waals surface area contributed by atoms with Gasteiger partial charge in [-0.05, 0) is 86.7 Å². The molecular weight excluding hydrogens is 346 g/mol. The molecule has 4 bridgehead atoms. The molecule has 1 unspecified atom stereocenters. The fourth-order valence-electron chi connectivity index (χ4n) is 6.36. The van der Waals surface area contributed by atoms with Crippen LogP contribution in [0, 0.1) is 41.4 Å². The third kappa shape index (κ3) is 3.68. The highest BCUT2D eigenvalue weighted by Crippen LogP contribution is 2.61. The average Bonchev–Trinajstić information content (AvgIpc) is 2.65. The normalized spacial score (nSPS) is 31.9. The van der Waals surface area contributed by atoms with Crippen LogP contribution >= 0.6 is 0 Å². The number of hydrogen-bond acceptors (Lipinski definition) is 3. The molecule has 4 aliphatic carbocycles. The topological polar surface area (TPSA) is 64.9 Å². The minimum Gasteiger partial charge on any atom is -0.386 e. The van der Waals surface area contributed by atoms with Crippen molar-refractivity contribution in [2.24, 2.45) is 23.2 Å². The number of carbonyl (C=O) groups is 1. The van der Waals surface area contributed by atoms with Gasteiger partial charge < -0.3 is 10.6 Å². The summed E-state index contributed by atoms with van der Waals surface area (Å²) in [4.78, 5) is 12.7. The fraction of sp³-hybridized carbons (Fsp3) is 0.583. The van der Waals surface area contributed by atoms with Crippen LogP contribution in [0.3, 0.4) is 0 Å². The number of hydrogen-bond donors (Lipinski definition) is 2. The number of benzene rings is 1. The Morgan fingerprint density at radius 1 is 1.21 bits per heavy atom. The molecular formula is C24H31N3O. The van der Waals surface area contributed by atoms with E-state index in [-0.39, 0.29) is 22.9 Å². The molecule has 4 aliphatic rings. The summed E-state index contributed by atoms with van der Waals surface area (Å²) < 4.78 is 0. The first kappa shape index (κ1) is 19.1. The molecule has 0 aliphatic heterocycles. The molecule has 1 atom stereocenters. The van der Waals surface area contributed by atoms with Crippen molar-refractivity contribution < 1.29 is 4.79 Å². The summed E-state index contributed by atoms with van der Waals surface area (Å²) in [5.74, 6) is 2.31. The van der Waals surface area contributed by atoms with Crippen LogP contribution < -0.4 is 10.6 Å². The predicted molar refractivity (Wildman–Crippen MR) is 110 cm³/mol. The SMILES string of the molecule is Cc1ccccc1CN/C=C(/C#N)C(=O)NC(C)C12CC3CC(CC(C3)C1)C2. The quantitative estimate of drug-likeness (QED) is 0.576. The molecule has 28 heavy (non-hydrogen) atoms. The van der Waals surface area contributed by atoms with Crippen molar-refractivity contribution in [2.75, 3.05) is 0 Å². The van der Waals surface area contributed by atoms with E-state index in [2.05, 4.69) is 42.7 Å². The number of carbonyl (C=O) groups excluding carboxylic acids is 1. The largest absolute Gasteiger partial charge is 0.386 e. The second-order valence-corrected chi connectivity index (χ2v) is 9.45. The summed E-state index contributed by atoms with van der Waals surface area (Å²) in [6.45, 7) is 4.82. The van der Waals surface area contributed by atoms with E-state index in [0.29, 0.717) is 6.54 Å². The predicted octanol–water partition coefficient (Wildman–Crippen LogP) is 4.21. The molecule has 1 aromatic rings. The molecule has 4 heteroatoms. The number of amides is 1. The van der Waals surface area contributed by atoms with Gasteiger partial charge in [0.1, 0.15) is 11.6 Å². The van der Waals surface area contributed by atoms with Crippen molar-refractivity contribution in [2.45, 2.75) is 65.0 Å². The smallest absolute Gasteiger partial charge is 0.263 e. The maximum absolute atomic E-state index is 12.7. The Bertz CT molecular complexity index is 784. The lowest BCUT2D eigenvalue weighted by Crippen LogP contribution is -2.56. The number of nitrogens with zero attached hydrogens (tertiary/aromatic N) is 1. The van der Waals surface area contributed by atoms with Crippen LogP contribution in [0.1, 0.15) is 56.6 Å². The Kier molecular flexibility index (Phi) is 5.19. The van der Waals surface area contributed by atoms with Crippen molar-refractivity contribution in [3.05, 3.63) is 47.2 Å². The van der Waals surface area contributed by atoms with Gasteiger partial charge in [0.25, 0.3) is 5.91 Å². The van der Waals surface area contributed by atoms with Gasteiger partial charge in [0.05, 0.1) is 0 Å². The lowest BCUT2D eigenvalue weighted by molar-refractivity contribution is -0.122. The van der Waals surface area contributed by atoms with Gasteiger partial charge in [0, 0.05) is 18.8 Å². The zero-order chi connectivity index (χ0) is 19.7.